The highest BCUT2D eigenvalue weighted by atomic mass is 16.6. The summed E-state index contributed by atoms with van der Waals surface area (Å²) in [5, 5.41) is 0. The molecule has 12 heavy (non-hydrogen) atoms. The van der Waals surface area contributed by atoms with E-state index in [1.807, 2.05) is 0 Å². The van der Waals surface area contributed by atoms with Crippen molar-refractivity contribution in [1.82, 2.24) is 0 Å². The van der Waals surface area contributed by atoms with Crippen molar-refractivity contribution in [2.45, 2.75) is 31.5 Å². The fraction of sp³-hybridized carbons (Fsp3) is 1.00. The van der Waals surface area contributed by atoms with Gasteiger partial charge in [-0.2, -0.15) is 0 Å². The molecule has 1 heterocycles. The van der Waals surface area contributed by atoms with E-state index in [9.17, 15) is 0 Å². The molecule has 1 fully saturated rings. The van der Waals surface area contributed by atoms with Gasteiger partial charge in [0.05, 0.1) is 12.7 Å². The lowest BCUT2D eigenvalue weighted by Crippen LogP contribution is -2.36. The number of ether oxygens (including phenoxy) is 3. The summed E-state index contributed by atoms with van der Waals surface area (Å²) in [6, 6.07) is 0. The van der Waals surface area contributed by atoms with Crippen LogP contribution in [0.15, 0.2) is 0 Å². The second-order valence-corrected chi connectivity index (χ2v) is 3.13. The molecule has 1 aliphatic heterocycles. The Labute approximate surface area is 74.0 Å². The monoisotopic (exact) mass is 174 g/mol. The Bertz CT molecular complexity index is 108. The molecule has 1 aliphatic rings. The molecule has 0 saturated carbocycles. The van der Waals surface area contributed by atoms with Crippen LogP contribution in [-0.2, 0) is 14.2 Å². The number of rotatable bonds is 4. The molecule has 0 radical (unpaired) electrons. The Kier molecular flexibility index (Phi) is 4.58. The Morgan fingerprint density at radius 1 is 1.42 bits per heavy atom. The molecular formula is C9H18O3. The zero-order valence-electron chi connectivity index (χ0n) is 7.91. The number of methoxy groups -OCH3 is 2. The lowest BCUT2D eigenvalue weighted by Gasteiger charge is -2.28. The standard InChI is InChI=1S/C9H18O3/c1-10-7-9(11-2)8-5-3-4-6-12-8/h8-9H,3-7H2,1-2H3. The van der Waals surface area contributed by atoms with Gasteiger partial charge in [0, 0.05) is 20.8 Å². The maximum absolute atomic E-state index is 5.58. The van der Waals surface area contributed by atoms with Crippen LogP contribution in [0.1, 0.15) is 19.3 Å². The van der Waals surface area contributed by atoms with Crippen molar-refractivity contribution < 1.29 is 14.2 Å². The first-order valence-electron chi connectivity index (χ1n) is 4.52. The highest BCUT2D eigenvalue weighted by molar-refractivity contribution is 4.73. The molecule has 0 N–H and O–H groups in total. The summed E-state index contributed by atoms with van der Waals surface area (Å²) >= 11 is 0. The SMILES string of the molecule is COCC(OC)C1CCCCO1. The Morgan fingerprint density at radius 2 is 2.25 bits per heavy atom. The van der Waals surface area contributed by atoms with Gasteiger partial charge >= 0.3 is 0 Å². The minimum atomic E-state index is 0.107. The second kappa shape index (κ2) is 5.51. The minimum absolute atomic E-state index is 0.107. The van der Waals surface area contributed by atoms with Crippen molar-refractivity contribution in [2.24, 2.45) is 0 Å². The van der Waals surface area contributed by atoms with Crippen molar-refractivity contribution in [2.75, 3.05) is 27.4 Å². The molecule has 0 amide bonds. The normalized spacial score (nSPS) is 27.0. The third kappa shape index (κ3) is 2.73. The Hall–Kier alpha value is -0.120. The van der Waals surface area contributed by atoms with Crippen molar-refractivity contribution in [1.29, 1.82) is 0 Å². The number of hydrogen-bond donors (Lipinski definition) is 0. The van der Waals surface area contributed by atoms with Crippen LogP contribution in [-0.4, -0.2) is 39.6 Å². The third-order valence-electron chi connectivity index (χ3n) is 2.26. The van der Waals surface area contributed by atoms with Gasteiger partial charge in [0.25, 0.3) is 0 Å². The summed E-state index contributed by atoms with van der Waals surface area (Å²) in [5.41, 5.74) is 0. The summed E-state index contributed by atoms with van der Waals surface area (Å²) in [4.78, 5) is 0. The molecular weight excluding hydrogens is 156 g/mol. The Morgan fingerprint density at radius 3 is 2.75 bits per heavy atom. The van der Waals surface area contributed by atoms with Crippen LogP contribution in [0.4, 0.5) is 0 Å². The van der Waals surface area contributed by atoms with E-state index in [-0.39, 0.29) is 12.2 Å². The van der Waals surface area contributed by atoms with Gasteiger partial charge in [-0.3, -0.25) is 0 Å². The lowest BCUT2D eigenvalue weighted by atomic mass is 10.0. The van der Waals surface area contributed by atoms with Crippen molar-refractivity contribution >= 4 is 0 Å². The van der Waals surface area contributed by atoms with Crippen molar-refractivity contribution in [3.05, 3.63) is 0 Å². The van der Waals surface area contributed by atoms with Gasteiger partial charge in [0.2, 0.25) is 0 Å². The van der Waals surface area contributed by atoms with E-state index in [0.717, 1.165) is 13.0 Å². The second-order valence-electron chi connectivity index (χ2n) is 3.13. The van der Waals surface area contributed by atoms with E-state index in [1.165, 1.54) is 12.8 Å². The molecule has 0 aromatic heterocycles. The zero-order valence-corrected chi connectivity index (χ0v) is 7.91. The fourth-order valence-electron chi connectivity index (χ4n) is 1.55. The fourth-order valence-corrected chi connectivity index (χ4v) is 1.55. The van der Waals surface area contributed by atoms with Crippen molar-refractivity contribution in [3.63, 3.8) is 0 Å². The summed E-state index contributed by atoms with van der Waals surface area (Å²) in [7, 11) is 3.40. The highest BCUT2D eigenvalue weighted by Crippen LogP contribution is 2.17. The Balaban J connectivity index is 2.29. The molecule has 3 heteroatoms. The third-order valence-corrected chi connectivity index (χ3v) is 2.26. The molecule has 0 aliphatic carbocycles. The van der Waals surface area contributed by atoms with Crippen LogP contribution in [0, 0.1) is 0 Å². The quantitative estimate of drug-likeness (QED) is 0.641. The van der Waals surface area contributed by atoms with Gasteiger partial charge in [0.15, 0.2) is 0 Å². The van der Waals surface area contributed by atoms with Gasteiger partial charge in [-0.25, -0.2) is 0 Å². The largest absolute Gasteiger partial charge is 0.382 e. The van der Waals surface area contributed by atoms with Crippen LogP contribution in [0.3, 0.4) is 0 Å². The molecule has 0 aromatic rings. The predicted octanol–water partition coefficient (Wildman–Crippen LogP) is 1.22. The minimum Gasteiger partial charge on any atom is -0.382 e. The first-order valence-corrected chi connectivity index (χ1v) is 4.52. The van der Waals surface area contributed by atoms with Gasteiger partial charge in [-0.05, 0) is 19.3 Å². The zero-order chi connectivity index (χ0) is 8.81. The topological polar surface area (TPSA) is 27.7 Å². The first kappa shape index (κ1) is 9.96. The smallest absolute Gasteiger partial charge is 0.106 e. The maximum atomic E-state index is 5.58. The summed E-state index contributed by atoms with van der Waals surface area (Å²) < 4.78 is 15.9. The van der Waals surface area contributed by atoms with E-state index >= 15 is 0 Å². The molecule has 0 spiro atoms. The lowest BCUT2D eigenvalue weighted by molar-refractivity contribution is -0.0995. The van der Waals surface area contributed by atoms with E-state index in [0.29, 0.717) is 6.61 Å². The van der Waals surface area contributed by atoms with E-state index in [1.54, 1.807) is 14.2 Å². The van der Waals surface area contributed by atoms with Crippen LogP contribution in [0.5, 0.6) is 0 Å². The molecule has 0 aromatic carbocycles. The summed E-state index contributed by atoms with van der Waals surface area (Å²) in [5.74, 6) is 0. The van der Waals surface area contributed by atoms with E-state index < -0.39 is 0 Å². The molecule has 1 saturated heterocycles. The average Bonchev–Trinajstić information content (AvgIpc) is 2.15. The van der Waals surface area contributed by atoms with Gasteiger partial charge in [-0.15, -0.1) is 0 Å². The van der Waals surface area contributed by atoms with Crippen LogP contribution in [0.25, 0.3) is 0 Å². The number of hydrogen-bond acceptors (Lipinski definition) is 3. The molecule has 1 rings (SSSR count). The van der Waals surface area contributed by atoms with Gasteiger partial charge in [-0.1, -0.05) is 0 Å². The van der Waals surface area contributed by atoms with Crippen LogP contribution in [0.2, 0.25) is 0 Å². The van der Waals surface area contributed by atoms with E-state index in [4.69, 9.17) is 14.2 Å². The predicted molar refractivity (Wildman–Crippen MR) is 46.3 cm³/mol. The molecule has 72 valence electrons. The van der Waals surface area contributed by atoms with E-state index in [2.05, 4.69) is 0 Å². The van der Waals surface area contributed by atoms with Crippen LogP contribution >= 0.6 is 0 Å². The van der Waals surface area contributed by atoms with Crippen molar-refractivity contribution in [3.8, 4) is 0 Å². The van der Waals surface area contributed by atoms with Crippen LogP contribution < -0.4 is 0 Å². The molecule has 2 atom stereocenters. The first-order chi connectivity index (χ1) is 5.88. The molecule has 3 nitrogen and oxygen atoms in total. The van der Waals surface area contributed by atoms with Gasteiger partial charge < -0.3 is 14.2 Å². The van der Waals surface area contributed by atoms with Gasteiger partial charge in [0.1, 0.15) is 6.10 Å². The maximum Gasteiger partial charge on any atom is 0.106 e. The molecule has 0 bridgehead atoms. The summed E-state index contributed by atoms with van der Waals surface area (Å²) in [6.07, 6.45) is 3.87. The summed E-state index contributed by atoms with van der Waals surface area (Å²) in [6.45, 7) is 1.50. The molecule has 2 unspecified atom stereocenters. The highest BCUT2D eigenvalue weighted by Gasteiger charge is 2.23. The average molecular weight is 174 g/mol.